The molecule has 0 radical (unpaired) electrons. The lowest BCUT2D eigenvalue weighted by molar-refractivity contribution is -0.138. The summed E-state index contributed by atoms with van der Waals surface area (Å²) >= 11 is 12.2. The maximum absolute atomic E-state index is 13.4. The number of alkyl halides is 3. The third kappa shape index (κ3) is 5.34. The fraction of sp³-hybridized carbons (Fsp3) is 0.333. The number of fused-ring (bicyclic) bond motifs is 1. The number of aromatic nitrogens is 2. The summed E-state index contributed by atoms with van der Waals surface area (Å²) in [6.07, 6.45) is -4.22. The molecule has 2 heterocycles. The summed E-state index contributed by atoms with van der Waals surface area (Å²) in [6.45, 7) is 2.75. The summed E-state index contributed by atoms with van der Waals surface area (Å²) in [5.41, 5.74) is -0.639. The minimum Gasteiger partial charge on any atom is -0.461 e. The zero-order chi connectivity index (χ0) is 26.0. The minimum atomic E-state index is -4.65. The van der Waals surface area contributed by atoms with Crippen LogP contribution in [0.15, 0.2) is 36.4 Å². The first-order valence-electron chi connectivity index (χ1n) is 11.1. The van der Waals surface area contributed by atoms with Gasteiger partial charge in [0.1, 0.15) is 0 Å². The fourth-order valence-corrected chi connectivity index (χ4v) is 4.33. The Bertz CT molecular complexity index is 1320. The third-order valence-electron chi connectivity index (χ3n) is 5.70. The van der Waals surface area contributed by atoms with Crippen LogP contribution in [0, 0.1) is 0 Å². The Balaban J connectivity index is 1.65. The van der Waals surface area contributed by atoms with Crippen molar-refractivity contribution in [1.82, 2.24) is 14.9 Å². The van der Waals surface area contributed by atoms with Crippen LogP contribution in [0.3, 0.4) is 0 Å². The first kappa shape index (κ1) is 26.0. The highest BCUT2D eigenvalue weighted by Crippen LogP contribution is 2.33. The molecule has 1 aromatic heterocycles. The topological polar surface area (TPSA) is 75.6 Å². The van der Waals surface area contributed by atoms with Crippen molar-refractivity contribution < 1.29 is 27.5 Å². The SMILES string of the molecule is CCOC(=O)c1nc2cc(Cl)c(Cl)cc2nc1N1CCCN(C(=O)c2ccccc2C(F)(F)F)CC1. The number of nitrogens with zero attached hydrogens (tertiary/aromatic N) is 4. The number of ether oxygens (including phenoxy) is 1. The highest BCUT2D eigenvalue weighted by Gasteiger charge is 2.36. The lowest BCUT2D eigenvalue weighted by atomic mass is 10.1. The molecule has 0 aliphatic carbocycles. The lowest BCUT2D eigenvalue weighted by Gasteiger charge is -2.25. The van der Waals surface area contributed by atoms with Crippen molar-refractivity contribution in [1.29, 1.82) is 0 Å². The number of amides is 1. The minimum absolute atomic E-state index is 0.0232. The van der Waals surface area contributed by atoms with Crippen molar-refractivity contribution in [3.8, 4) is 0 Å². The predicted molar refractivity (Wildman–Crippen MR) is 130 cm³/mol. The van der Waals surface area contributed by atoms with Gasteiger partial charge in [-0.25, -0.2) is 14.8 Å². The zero-order valence-corrected chi connectivity index (χ0v) is 20.6. The largest absolute Gasteiger partial charge is 0.461 e. The van der Waals surface area contributed by atoms with Gasteiger partial charge in [0.05, 0.1) is 38.8 Å². The van der Waals surface area contributed by atoms with E-state index >= 15 is 0 Å². The summed E-state index contributed by atoms with van der Waals surface area (Å²) in [7, 11) is 0. The first-order valence-corrected chi connectivity index (χ1v) is 11.9. The molecule has 36 heavy (non-hydrogen) atoms. The van der Waals surface area contributed by atoms with E-state index in [9.17, 15) is 22.8 Å². The van der Waals surface area contributed by atoms with Crippen LogP contribution in [0.1, 0.15) is 39.8 Å². The Morgan fingerprint density at radius 1 is 1.00 bits per heavy atom. The molecular formula is C24H21Cl2F3N4O3. The fourth-order valence-electron chi connectivity index (χ4n) is 4.02. The van der Waals surface area contributed by atoms with Gasteiger partial charge in [0, 0.05) is 26.2 Å². The van der Waals surface area contributed by atoms with Crippen molar-refractivity contribution in [2.24, 2.45) is 0 Å². The molecule has 7 nitrogen and oxygen atoms in total. The number of hydrogen-bond donors (Lipinski definition) is 0. The van der Waals surface area contributed by atoms with Crippen LogP contribution in [-0.2, 0) is 10.9 Å². The molecule has 0 bridgehead atoms. The van der Waals surface area contributed by atoms with Gasteiger partial charge in [0.15, 0.2) is 11.5 Å². The summed E-state index contributed by atoms with van der Waals surface area (Å²) in [4.78, 5) is 37.9. The number of esters is 1. The molecule has 1 amide bonds. The Kier molecular flexibility index (Phi) is 7.56. The molecule has 1 aliphatic rings. The van der Waals surface area contributed by atoms with E-state index in [1.165, 1.54) is 35.2 Å². The number of rotatable bonds is 4. The number of carbonyl (C=O) groups excluding carboxylic acids is 2. The maximum Gasteiger partial charge on any atom is 0.417 e. The van der Waals surface area contributed by atoms with Crippen molar-refractivity contribution in [2.45, 2.75) is 19.5 Å². The third-order valence-corrected chi connectivity index (χ3v) is 6.42. The Labute approximate surface area is 214 Å². The van der Waals surface area contributed by atoms with E-state index in [2.05, 4.69) is 9.97 Å². The van der Waals surface area contributed by atoms with E-state index in [0.29, 0.717) is 24.0 Å². The summed E-state index contributed by atoms with van der Waals surface area (Å²) in [6, 6.07) is 7.76. The van der Waals surface area contributed by atoms with Crippen LogP contribution in [0.4, 0.5) is 19.0 Å². The van der Waals surface area contributed by atoms with Crippen molar-refractivity contribution in [3.05, 3.63) is 63.3 Å². The molecule has 4 rings (SSSR count). The Hall–Kier alpha value is -3.11. The van der Waals surface area contributed by atoms with Crippen LogP contribution in [0.5, 0.6) is 0 Å². The molecule has 1 aliphatic heterocycles. The molecule has 2 aromatic carbocycles. The Morgan fingerprint density at radius 3 is 2.33 bits per heavy atom. The molecule has 12 heteroatoms. The molecular weight excluding hydrogens is 520 g/mol. The van der Waals surface area contributed by atoms with Gasteiger partial charge < -0.3 is 14.5 Å². The smallest absolute Gasteiger partial charge is 0.417 e. The molecule has 3 aromatic rings. The predicted octanol–water partition coefficient (Wildman–Crippen LogP) is 5.48. The standard InChI is InChI=1S/C24H21Cl2F3N4O3/c1-2-36-23(35)20-21(31-19-13-17(26)16(25)12-18(19)30-20)32-8-5-9-33(11-10-32)22(34)14-6-3-4-7-15(14)24(27,28)29/h3-4,6-7,12-13H,2,5,8-11H2,1H3. The average molecular weight is 541 g/mol. The van der Waals surface area contributed by atoms with E-state index in [1.54, 1.807) is 11.8 Å². The van der Waals surface area contributed by atoms with E-state index in [-0.39, 0.29) is 47.8 Å². The molecule has 190 valence electrons. The molecule has 1 fully saturated rings. The van der Waals surface area contributed by atoms with E-state index in [1.807, 2.05) is 0 Å². The number of benzene rings is 2. The molecule has 0 saturated carbocycles. The highest BCUT2D eigenvalue weighted by atomic mass is 35.5. The summed E-state index contributed by atoms with van der Waals surface area (Å²) in [5, 5.41) is 0.522. The number of hydrogen-bond acceptors (Lipinski definition) is 6. The molecule has 0 atom stereocenters. The van der Waals surface area contributed by atoms with Crippen molar-refractivity contribution in [3.63, 3.8) is 0 Å². The number of halogens is 5. The molecule has 0 unspecified atom stereocenters. The molecule has 0 N–H and O–H groups in total. The van der Waals surface area contributed by atoms with E-state index < -0.39 is 29.2 Å². The van der Waals surface area contributed by atoms with Gasteiger partial charge in [-0.05, 0) is 37.6 Å². The first-order chi connectivity index (χ1) is 17.1. The average Bonchev–Trinajstić information content (AvgIpc) is 3.09. The summed E-state index contributed by atoms with van der Waals surface area (Å²) < 4.78 is 45.5. The second kappa shape index (κ2) is 10.5. The van der Waals surface area contributed by atoms with Crippen molar-refractivity contribution in [2.75, 3.05) is 37.7 Å². The Morgan fingerprint density at radius 2 is 1.67 bits per heavy atom. The number of carbonyl (C=O) groups is 2. The van der Waals surface area contributed by atoms with Crippen LogP contribution >= 0.6 is 23.2 Å². The van der Waals surface area contributed by atoms with Gasteiger partial charge in [-0.15, -0.1) is 0 Å². The quantitative estimate of drug-likeness (QED) is 0.407. The highest BCUT2D eigenvalue weighted by molar-refractivity contribution is 6.42. The van der Waals surface area contributed by atoms with Gasteiger partial charge in [-0.1, -0.05) is 35.3 Å². The monoisotopic (exact) mass is 540 g/mol. The summed E-state index contributed by atoms with van der Waals surface area (Å²) in [5.74, 6) is -1.14. The second-order valence-corrected chi connectivity index (χ2v) is 8.86. The zero-order valence-electron chi connectivity index (χ0n) is 19.1. The lowest BCUT2D eigenvalue weighted by Crippen LogP contribution is -2.36. The van der Waals surface area contributed by atoms with Crippen molar-refractivity contribution >= 4 is 51.9 Å². The van der Waals surface area contributed by atoms with Crippen LogP contribution in [0.25, 0.3) is 11.0 Å². The van der Waals surface area contributed by atoms with Gasteiger partial charge >= 0.3 is 12.1 Å². The van der Waals surface area contributed by atoms with Gasteiger partial charge in [-0.3, -0.25) is 4.79 Å². The van der Waals surface area contributed by atoms with Crippen LogP contribution in [-0.4, -0.2) is 59.5 Å². The number of anilines is 1. The van der Waals surface area contributed by atoms with E-state index in [4.69, 9.17) is 27.9 Å². The van der Waals surface area contributed by atoms with E-state index in [0.717, 1.165) is 6.07 Å². The molecule has 0 spiro atoms. The molecule has 1 saturated heterocycles. The van der Waals surface area contributed by atoms with Gasteiger partial charge in [-0.2, -0.15) is 13.2 Å². The second-order valence-electron chi connectivity index (χ2n) is 8.05. The van der Waals surface area contributed by atoms with Gasteiger partial charge in [0.25, 0.3) is 5.91 Å². The van der Waals surface area contributed by atoms with Crippen LogP contribution < -0.4 is 4.90 Å². The normalized spacial score (nSPS) is 14.6. The maximum atomic E-state index is 13.4. The van der Waals surface area contributed by atoms with Crippen LogP contribution in [0.2, 0.25) is 10.0 Å². The van der Waals surface area contributed by atoms with Gasteiger partial charge in [0.2, 0.25) is 0 Å².